The van der Waals surface area contributed by atoms with Gasteiger partial charge in [-0.05, 0) is 37.0 Å². The highest BCUT2D eigenvalue weighted by atomic mass is 16.5. The monoisotopic (exact) mass is 220 g/mol. The van der Waals surface area contributed by atoms with Gasteiger partial charge in [-0.1, -0.05) is 26.8 Å². The van der Waals surface area contributed by atoms with E-state index in [9.17, 15) is 4.79 Å². The van der Waals surface area contributed by atoms with E-state index in [0.29, 0.717) is 11.3 Å². The molecule has 0 aromatic heterocycles. The van der Waals surface area contributed by atoms with Gasteiger partial charge in [-0.15, -0.1) is 0 Å². The van der Waals surface area contributed by atoms with E-state index in [1.807, 2.05) is 32.0 Å². The molecule has 1 aromatic carbocycles. The highest BCUT2D eigenvalue weighted by Crippen LogP contribution is 2.28. The number of carbonyl (C=O) groups excluding carboxylic acids is 1. The summed E-state index contributed by atoms with van der Waals surface area (Å²) in [5.74, 6) is 0.678. The summed E-state index contributed by atoms with van der Waals surface area (Å²) >= 11 is 0. The van der Waals surface area contributed by atoms with Gasteiger partial charge in [-0.3, -0.25) is 4.79 Å². The van der Waals surface area contributed by atoms with Crippen molar-refractivity contribution < 1.29 is 9.53 Å². The van der Waals surface area contributed by atoms with Gasteiger partial charge in [0, 0.05) is 0 Å². The van der Waals surface area contributed by atoms with Crippen LogP contribution >= 0.6 is 0 Å². The van der Waals surface area contributed by atoms with Crippen LogP contribution in [0, 0.1) is 0 Å². The van der Waals surface area contributed by atoms with Gasteiger partial charge in [-0.2, -0.15) is 0 Å². The SMILES string of the molecule is CC(C)Oc1cc(C(C)(C)C)ccc1C=O. The Morgan fingerprint density at radius 3 is 2.31 bits per heavy atom. The lowest BCUT2D eigenvalue weighted by Crippen LogP contribution is -2.13. The molecule has 0 amide bonds. The average Bonchev–Trinajstić information content (AvgIpc) is 2.15. The molecule has 16 heavy (non-hydrogen) atoms. The maximum absolute atomic E-state index is 10.9. The Morgan fingerprint density at radius 2 is 1.88 bits per heavy atom. The summed E-state index contributed by atoms with van der Waals surface area (Å²) in [6.07, 6.45) is 0.915. The van der Waals surface area contributed by atoms with Crippen molar-refractivity contribution in [3.8, 4) is 5.75 Å². The Kier molecular flexibility index (Phi) is 3.74. The Bertz CT molecular complexity index is 373. The number of rotatable bonds is 3. The molecule has 0 saturated carbocycles. The second-order valence-corrected chi connectivity index (χ2v) is 5.29. The molecule has 0 radical (unpaired) electrons. The fraction of sp³-hybridized carbons (Fsp3) is 0.500. The molecule has 0 atom stereocenters. The van der Waals surface area contributed by atoms with Crippen molar-refractivity contribution in [3.63, 3.8) is 0 Å². The van der Waals surface area contributed by atoms with Gasteiger partial charge < -0.3 is 4.74 Å². The molecule has 88 valence electrons. The third-order valence-electron chi connectivity index (χ3n) is 2.37. The topological polar surface area (TPSA) is 26.3 Å². The van der Waals surface area contributed by atoms with Crippen molar-refractivity contribution in [1.82, 2.24) is 0 Å². The molecule has 1 rings (SSSR count). The highest BCUT2D eigenvalue weighted by Gasteiger charge is 2.16. The van der Waals surface area contributed by atoms with Crippen molar-refractivity contribution in [1.29, 1.82) is 0 Å². The predicted molar refractivity (Wildman–Crippen MR) is 66.3 cm³/mol. The van der Waals surface area contributed by atoms with E-state index >= 15 is 0 Å². The van der Waals surface area contributed by atoms with E-state index in [-0.39, 0.29) is 11.5 Å². The third-order valence-corrected chi connectivity index (χ3v) is 2.37. The molecule has 0 bridgehead atoms. The summed E-state index contributed by atoms with van der Waals surface area (Å²) in [4.78, 5) is 10.9. The van der Waals surface area contributed by atoms with Gasteiger partial charge in [0.25, 0.3) is 0 Å². The molecular formula is C14H20O2. The number of hydrogen-bond donors (Lipinski definition) is 0. The summed E-state index contributed by atoms with van der Waals surface area (Å²) < 4.78 is 5.64. The van der Waals surface area contributed by atoms with Gasteiger partial charge in [0.15, 0.2) is 6.29 Å². The van der Waals surface area contributed by atoms with Crippen LogP contribution in [-0.4, -0.2) is 12.4 Å². The summed E-state index contributed by atoms with van der Waals surface area (Å²) in [6.45, 7) is 10.3. The smallest absolute Gasteiger partial charge is 0.153 e. The van der Waals surface area contributed by atoms with Crippen LogP contribution in [0.5, 0.6) is 5.75 Å². The van der Waals surface area contributed by atoms with Crippen molar-refractivity contribution in [3.05, 3.63) is 29.3 Å². The molecule has 0 unspecified atom stereocenters. The van der Waals surface area contributed by atoms with E-state index in [4.69, 9.17) is 4.74 Å². The highest BCUT2D eigenvalue weighted by molar-refractivity contribution is 5.79. The zero-order chi connectivity index (χ0) is 12.3. The first-order valence-electron chi connectivity index (χ1n) is 5.61. The molecule has 0 aliphatic heterocycles. The standard InChI is InChI=1S/C14H20O2/c1-10(2)16-13-8-12(14(3,4)5)7-6-11(13)9-15/h6-10H,1-5H3. The first-order valence-corrected chi connectivity index (χ1v) is 5.61. The second-order valence-electron chi connectivity index (χ2n) is 5.29. The summed E-state index contributed by atoms with van der Waals surface area (Å²) in [7, 11) is 0. The normalized spacial score (nSPS) is 11.6. The molecule has 0 saturated heterocycles. The molecule has 1 aromatic rings. The largest absolute Gasteiger partial charge is 0.490 e. The number of hydrogen-bond acceptors (Lipinski definition) is 2. The Labute approximate surface area is 97.6 Å². The molecule has 0 aliphatic carbocycles. The van der Waals surface area contributed by atoms with Crippen LogP contribution in [0.3, 0.4) is 0 Å². The number of ether oxygens (including phenoxy) is 1. The minimum Gasteiger partial charge on any atom is -0.490 e. The molecule has 2 nitrogen and oxygen atoms in total. The lowest BCUT2D eigenvalue weighted by atomic mass is 9.86. The predicted octanol–water partition coefficient (Wildman–Crippen LogP) is 3.58. The molecule has 0 N–H and O–H groups in total. The molecule has 0 heterocycles. The van der Waals surface area contributed by atoms with Crippen LogP contribution in [0.4, 0.5) is 0 Å². The maximum Gasteiger partial charge on any atom is 0.153 e. The van der Waals surface area contributed by atoms with E-state index in [1.54, 1.807) is 0 Å². The van der Waals surface area contributed by atoms with Gasteiger partial charge >= 0.3 is 0 Å². The van der Waals surface area contributed by atoms with Gasteiger partial charge in [0.05, 0.1) is 11.7 Å². The van der Waals surface area contributed by atoms with Crippen LogP contribution in [0.2, 0.25) is 0 Å². The van der Waals surface area contributed by atoms with Gasteiger partial charge in [-0.25, -0.2) is 0 Å². The van der Waals surface area contributed by atoms with E-state index in [2.05, 4.69) is 20.8 Å². The molecule has 2 heteroatoms. The van der Waals surface area contributed by atoms with Gasteiger partial charge in [0.2, 0.25) is 0 Å². The summed E-state index contributed by atoms with van der Waals surface area (Å²) in [5, 5.41) is 0. The molecule has 0 aliphatic rings. The summed E-state index contributed by atoms with van der Waals surface area (Å²) in [5.41, 5.74) is 1.85. The maximum atomic E-state index is 10.9. The minimum absolute atomic E-state index is 0.0660. The molecule has 0 fully saturated rings. The van der Waals surface area contributed by atoms with Crippen molar-refractivity contribution in [2.24, 2.45) is 0 Å². The van der Waals surface area contributed by atoms with Crippen LogP contribution < -0.4 is 4.74 Å². The Morgan fingerprint density at radius 1 is 1.25 bits per heavy atom. The van der Waals surface area contributed by atoms with Crippen LogP contribution in [0.25, 0.3) is 0 Å². The van der Waals surface area contributed by atoms with Crippen molar-refractivity contribution in [2.75, 3.05) is 0 Å². The Hall–Kier alpha value is -1.31. The fourth-order valence-electron chi connectivity index (χ4n) is 1.45. The number of carbonyl (C=O) groups is 1. The summed E-state index contributed by atoms with van der Waals surface area (Å²) in [6, 6.07) is 5.77. The first kappa shape index (κ1) is 12.8. The minimum atomic E-state index is 0.0660. The van der Waals surface area contributed by atoms with Gasteiger partial charge in [0.1, 0.15) is 5.75 Å². The average molecular weight is 220 g/mol. The third kappa shape index (κ3) is 3.09. The number of benzene rings is 1. The fourth-order valence-corrected chi connectivity index (χ4v) is 1.45. The molecular weight excluding hydrogens is 200 g/mol. The second kappa shape index (κ2) is 4.69. The van der Waals surface area contributed by atoms with Crippen molar-refractivity contribution >= 4 is 6.29 Å². The van der Waals surface area contributed by atoms with Crippen LogP contribution in [-0.2, 0) is 5.41 Å². The first-order chi connectivity index (χ1) is 7.34. The quantitative estimate of drug-likeness (QED) is 0.728. The van der Waals surface area contributed by atoms with E-state index in [1.165, 1.54) is 5.56 Å². The lowest BCUT2D eigenvalue weighted by molar-refractivity contribution is 0.111. The van der Waals surface area contributed by atoms with Crippen molar-refractivity contribution in [2.45, 2.75) is 46.1 Å². The van der Waals surface area contributed by atoms with E-state index < -0.39 is 0 Å². The van der Waals surface area contributed by atoms with Crippen LogP contribution in [0.1, 0.15) is 50.5 Å². The van der Waals surface area contributed by atoms with E-state index in [0.717, 1.165) is 6.29 Å². The zero-order valence-corrected chi connectivity index (χ0v) is 10.7. The lowest BCUT2D eigenvalue weighted by Gasteiger charge is -2.21. The molecule has 0 spiro atoms. The Balaban J connectivity index is 3.16. The zero-order valence-electron chi connectivity index (χ0n) is 10.7. The number of aldehydes is 1. The van der Waals surface area contributed by atoms with Crippen LogP contribution in [0.15, 0.2) is 18.2 Å².